The summed E-state index contributed by atoms with van der Waals surface area (Å²) in [6.07, 6.45) is 1.23. The second-order valence-corrected chi connectivity index (χ2v) is 6.98. The number of likely N-dealkylation sites (tertiary alicyclic amines) is 1. The van der Waals surface area contributed by atoms with Crippen molar-refractivity contribution >= 4 is 59.6 Å². The topological polar surface area (TPSA) is 122 Å². The van der Waals surface area contributed by atoms with Crippen molar-refractivity contribution in [2.75, 3.05) is 12.3 Å². The molecule has 3 aliphatic rings. The first kappa shape index (κ1) is 18.4. The molecule has 10 nitrogen and oxygen atoms in total. The van der Waals surface area contributed by atoms with Crippen LogP contribution in [0.1, 0.15) is 6.42 Å². The molecule has 4 rings (SSSR count). The van der Waals surface area contributed by atoms with Crippen LogP contribution >= 0.6 is 11.8 Å². The van der Waals surface area contributed by atoms with Crippen molar-refractivity contribution in [3.05, 3.63) is 11.3 Å². The van der Waals surface area contributed by atoms with Gasteiger partial charge in [0.05, 0.1) is 6.04 Å². The predicted molar refractivity (Wildman–Crippen MR) is 86.6 cm³/mol. The molecule has 0 unspecified atom stereocenters. The number of carbonyl (C=O) groups excluding carboxylic acids is 2. The number of rotatable bonds is 5. The fourth-order valence-electron chi connectivity index (χ4n) is 3.81. The first-order chi connectivity index (χ1) is 11.5. The summed E-state index contributed by atoms with van der Waals surface area (Å²) in [5.74, 6) is -0.963. The van der Waals surface area contributed by atoms with Crippen LogP contribution in [0.15, 0.2) is 16.4 Å². The maximum atomic E-state index is 12.4. The van der Waals surface area contributed by atoms with Crippen LogP contribution in [0, 0.1) is 5.92 Å². The van der Waals surface area contributed by atoms with Gasteiger partial charge in [0.25, 0.3) is 5.91 Å². The molecular formula is C13H15N6NaO4S. The molecule has 1 aromatic rings. The number of amides is 2. The number of β-lactam (4-membered cyclic amide) rings is 1. The molecule has 0 spiro atoms. The summed E-state index contributed by atoms with van der Waals surface area (Å²) in [4.78, 5) is 38.1. The number of nitrogens with zero attached hydrogens (tertiary/aromatic N) is 6. The van der Waals surface area contributed by atoms with Gasteiger partial charge in [-0.05, 0) is 22.4 Å². The van der Waals surface area contributed by atoms with Crippen molar-refractivity contribution in [2.24, 2.45) is 13.0 Å². The normalized spacial score (nSPS) is 26.9. The zero-order valence-electron chi connectivity index (χ0n) is 12.7. The van der Waals surface area contributed by atoms with E-state index in [9.17, 15) is 19.5 Å². The Hall–Kier alpha value is -1.43. The van der Waals surface area contributed by atoms with Gasteiger partial charge in [0.1, 0.15) is 11.7 Å². The van der Waals surface area contributed by atoms with E-state index in [1.807, 2.05) is 0 Å². The molecule has 3 aliphatic heterocycles. The third kappa shape index (κ3) is 2.69. The van der Waals surface area contributed by atoms with E-state index in [-0.39, 0.29) is 53.1 Å². The van der Waals surface area contributed by atoms with Gasteiger partial charge in [-0.2, -0.15) is 0 Å². The van der Waals surface area contributed by atoms with E-state index in [0.717, 1.165) is 0 Å². The van der Waals surface area contributed by atoms with E-state index >= 15 is 0 Å². The van der Waals surface area contributed by atoms with Crippen molar-refractivity contribution in [2.45, 2.75) is 23.7 Å². The molecule has 0 saturated carbocycles. The standard InChI is InChI=1S/C13H14N6O4S.Na.H/c1-17-13(14-15-16-17)24-4-7-2-6-3-18(5-20)10-8(6)19(11(10)21)9(7)12(22)23;;/h5-6,8,10H,2-4H2,1H3,(H,22,23);;/t6-,8-,10+;;/m1../s1. The minimum absolute atomic E-state index is 0. The first-order valence-corrected chi connectivity index (χ1v) is 8.36. The number of hydrogen-bond acceptors (Lipinski definition) is 7. The number of aryl methyl sites for hydroxylation is 1. The summed E-state index contributed by atoms with van der Waals surface area (Å²) in [7, 11) is 1.70. The Morgan fingerprint density at radius 3 is 2.84 bits per heavy atom. The third-order valence-corrected chi connectivity index (χ3v) is 5.87. The molecule has 1 aromatic heterocycles. The van der Waals surface area contributed by atoms with E-state index in [4.69, 9.17) is 0 Å². The van der Waals surface area contributed by atoms with E-state index < -0.39 is 12.0 Å². The summed E-state index contributed by atoms with van der Waals surface area (Å²) in [6.45, 7) is 0.480. The van der Waals surface area contributed by atoms with Crippen LogP contribution in [0.25, 0.3) is 0 Å². The number of thioether (sulfide) groups is 1. The monoisotopic (exact) mass is 374 g/mol. The Bertz CT molecular complexity index is 782. The van der Waals surface area contributed by atoms with Gasteiger partial charge in [-0.1, -0.05) is 11.8 Å². The summed E-state index contributed by atoms with van der Waals surface area (Å²) in [6, 6.07) is -0.710. The van der Waals surface area contributed by atoms with Gasteiger partial charge < -0.3 is 10.0 Å². The maximum absolute atomic E-state index is 12.4. The summed E-state index contributed by atoms with van der Waals surface area (Å²) in [5.41, 5.74) is 0.726. The Kier molecular flexibility index (Phi) is 4.93. The molecule has 0 bridgehead atoms. The predicted octanol–water partition coefficient (Wildman–Crippen LogP) is -1.94. The molecule has 128 valence electrons. The van der Waals surface area contributed by atoms with Gasteiger partial charge in [0, 0.05) is 25.3 Å². The summed E-state index contributed by atoms with van der Waals surface area (Å²) in [5, 5.41) is 21.3. The Balaban J connectivity index is 0.00000182. The number of hydrogen-bond donors (Lipinski definition) is 1. The van der Waals surface area contributed by atoms with E-state index in [1.54, 1.807) is 7.05 Å². The zero-order valence-corrected chi connectivity index (χ0v) is 13.5. The fourth-order valence-corrected chi connectivity index (χ4v) is 4.68. The molecule has 2 fully saturated rings. The summed E-state index contributed by atoms with van der Waals surface area (Å²) < 4.78 is 1.51. The van der Waals surface area contributed by atoms with E-state index in [0.29, 0.717) is 35.9 Å². The average Bonchev–Trinajstić information content (AvgIpc) is 3.12. The zero-order chi connectivity index (χ0) is 17.0. The SMILES string of the molecule is Cn1nnnc1SCC1=C(C(=O)O)N2C(=O)[C@@H]3[C@H]2[C@H](C1)CN3C=O.[NaH]. The van der Waals surface area contributed by atoms with Gasteiger partial charge in [0.2, 0.25) is 11.6 Å². The van der Waals surface area contributed by atoms with Crippen LogP contribution in [0.3, 0.4) is 0 Å². The number of carboxylic acids is 1. The Morgan fingerprint density at radius 1 is 1.48 bits per heavy atom. The average molecular weight is 374 g/mol. The van der Waals surface area contributed by atoms with Crippen molar-refractivity contribution in [3.63, 3.8) is 0 Å². The van der Waals surface area contributed by atoms with Crippen molar-refractivity contribution in [1.82, 2.24) is 30.0 Å². The molecule has 0 aliphatic carbocycles. The number of aromatic nitrogens is 4. The molecule has 4 heterocycles. The van der Waals surface area contributed by atoms with Crippen molar-refractivity contribution in [3.8, 4) is 0 Å². The van der Waals surface area contributed by atoms with Crippen LogP contribution < -0.4 is 0 Å². The fraction of sp³-hybridized carbons (Fsp3) is 0.538. The Labute approximate surface area is 168 Å². The number of aliphatic carboxylic acids is 1. The molecule has 0 radical (unpaired) electrons. The molecule has 12 heteroatoms. The second kappa shape index (κ2) is 6.71. The van der Waals surface area contributed by atoms with Gasteiger partial charge in [-0.15, -0.1) is 5.10 Å². The quantitative estimate of drug-likeness (QED) is 0.274. The van der Waals surface area contributed by atoms with Crippen LogP contribution in [0.2, 0.25) is 0 Å². The van der Waals surface area contributed by atoms with Gasteiger partial charge in [-0.3, -0.25) is 14.5 Å². The van der Waals surface area contributed by atoms with E-state index in [2.05, 4.69) is 15.5 Å². The third-order valence-electron chi connectivity index (χ3n) is 4.78. The molecule has 2 amide bonds. The van der Waals surface area contributed by atoms with Gasteiger partial charge in [-0.25, -0.2) is 9.48 Å². The van der Waals surface area contributed by atoms with Crippen LogP contribution in [0.4, 0.5) is 0 Å². The molecule has 1 N–H and O–H groups in total. The number of carbonyl (C=O) groups is 3. The van der Waals surface area contributed by atoms with E-state index in [1.165, 1.54) is 26.2 Å². The summed E-state index contributed by atoms with van der Waals surface area (Å²) >= 11 is 1.33. The van der Waals surface area contributed by atoms with Crippen LogP contribution in [0.5, 0.6) is 0 Å². The molecule has 2 saturated heterocycles. The van der Waals surface area contributed by atoms with Gasteiger partial charge >= 0.3 is 35.5 Å². The minimum atomic E-state index is -1.11. The second-order valence-electron chi connectivity index (χ2n) is 6.04. The first-order valence-electron chi connectivity index (χ1n) is 7.37. The molecule has 3 atom stereocenters. The number of carboxylic acid groups (broad SMARTS) is 1. The van der Waals surface area contributed by atoms with Crippen molar-refractivity contribution < 1.29 is 19.5 Å². The molecule has 0 aromatic carbocycles. The molecular weight excluding hydrogens is 359 g/mol. The van der Waals surface area contributed by atoms with Gasteiger partial charge in [0.15, 0.2) is 0 Å². The van der Waals surface area contributed by atoms with Crippen LogP contribution in [-0.4, -0.2) is 107 Å². The number of tetrazole rings is 1. The van der Waals surface area contributed by atoms with Crippen LogP contribution in [-0.2, 0) is 21.4 Å². The molecule has 25 heavy (non-hydrogen) atoms. The van der Waals surface area contributed by atoms with Crippen molar-refractivity contribution in [1.29, 1.82) is 0 Å². The Morgan fingerprint density at radius 2 is 2.24 bits per heavy atom.